The maximum absolute atomic E-state index is 12.0. The largest absolute Gasteiger partial charge is 0.401 e. The predicted molar refractivity (Wildman–Crippen MR) is 49.1 cm³/mol. The van der Waals surface area contributed by atoms with Gasteiger partial charge in [-0.05, 0) is 25.9 Å². The molecule has 0 aromatic heterocycles. The van der Waals surface area contributed by atoms with Crippen LogP contribution < -0.4 is 5.32 Å². The maximum Gasteiger partial charge on any atom is 0.401 e. The fourth-order valence-electron chi connectivity index (χ4n) is 1.85. The molecule has 1 heterocycles. The van der Waals surface area contributed by atoms with Crippen molar-refractivity contribution < 1.29 is 13.2 Å². The van der Waals surface area contributed by atoms with Gasteiger partial charge in [-0.1, -0.05) is 6.92 Å². The smallest absolute Gasteiger partial charge is 0.312 e. The van der Waals surface area contributed by atoms with Crippen molar-refractivity contribution in [3.8, 4) is 0 Å². The summed E-state index contributed by atoms with van der Waals surface area (Å²) in [5, 5.41) is 3.21. The zero-order valence-electron chi connectivity index (χ0n) is 8.56. The van der Waals surface area contributed by atoms with E-state index in [2.05, 4.69) is 12.2 Å². The Bertz CT molecular complexity index is 181. The minimum absolute atomic E-state index is 0.211. The molecule has 1 N–H and O–H groups in total. The van der Waals surface area contributed by atoms with Gasteiger partial charge in [0.15, 0.2) is 0 Å². The van der Waals surface area contributed by atoms with Gasteiger partial charge in [0.25, 0.3) is 0 Å². The van der Waals surface area contributed by atoms with Crippen LogP contribution >= 0.6 is 0 Å². The molecule has 2 nitrogen and oxygen atoms in total. The van der Waals surface area contributed by atoms with Gasteiger partial charge in [-0.2, -0.15) is 13.2 Å². The van der Waals surface area contributed by atoms with Crippen LogP contribution in [-0.2, 0) is 0 Å². The minimum Gasteiger partial charge on any atom is -0.312 e. The molecule has 0 aliphatic carbocycles. The molecule has 1 aliphatic heterocycles. The summed E-state index contributed by atoms with van der Waals surface area (Å²) in [4.78, 5) is 1.33. The van der Waals surface area contributed by atoms with Crippen molar-refractivity contribution in [1.29, 1.82) is 0 Å². The Morgan fingerprint density at radius 3 is 2.50 bits per heavy atom. The SMILES string of the molecule is CC1CCNC1CN(C)CC(F)(F)F. The molecule has 1 rings (SSSR count). The normalized spacial score (nSPS) is 28.7. The average Bonchev–Trinajstić information content (AvgIpc) is 2.32. The highest BCUT2D eigenvalue weighted by Crippen LogP contribution is 2.18. The van der Waals surface area contributed by atoms with Crippen LogP contribution in [0.1, 0.15) is 13.3 Å². The van der Waals surface area contributed by atoms with Gasteiger partial charge in [-0.15, -0.1) is 0 Å². The second kappa shape index (κ2) is 4.49. The zero-order valence-corrected chi connectivity index (χ0v) is 8.56. The molecule has 0 saturated carbocycles. The molecule has 1 aliphatic rings. The second-order valence-corrected chi connectivity index (χ2v) is 4.14. The lowest BCUT2D eigenvalue weighted by Crippen LogP contribution is -2.41. The van der Waals surface area contributed by atoms with Gasteiger partial charge in [-0.25, -0.2) is 0 Å². The van der Waals surface area contributed by atoms with Gasteiger partial charge >= 0.3 is 6.18 Å². The van der Waals surface area contributed by atoms with E-state index in [0.717, 1.165) is 13.0 Å². The average molecular weight is 210 g/mol. The number of hydrogen-bond acceptors (Lipinski definition) is 2. The van der Waals surface area contributed by atoms with Gasteiger partial charge in [0.05, 0.1) is 6.54 Å². The highest BCUT2D eigenvalue weighted by molar-refractivity contribution is 4.83. The van der Waals surface area contributed by atoms with Crippen molar-refractivity contribution in [1.82, 2.24) is 10.2 Å². The Morgan fingerprint density at radius 1 is 1.43 bits per heavy atom. The van der Waals surface area contributed by atoms with E-state index in [1.165, 1.54) is 11.9 Å². The first-order valence-electron chi connectivity index (χ1n) is 4.87. The van der Waals surface area contributed by atoms with E-state index in [4.69, 9.17) is 0 Å². The Hall–Kier alpha value is -0.290. The van der Waals surface area contributed by atoms with Crippen molar-refractivity contribution in [3.05, 3.63) is 0 Å². The fraction of sp³-hybridized carbons (Fsp3) is 1.00. The van der Waals surface area contributed by atoms with E-state index < -0.39 is 12.7 Å². The van der Waals surface area contributed by atoms with E-state index in [0.29, 0.717) is 12.5 Å². The number of nitrogens with one attached hydrogen (secondary N) is 1. The van der Waals surface area contributed by atoms with Crippen LogP contribution in [-0.4, -0.2) is 43.8 Å². The maximum atomic E-state index is 12.0. The van der Waals surface area contributed by atoms with Crippen LogP contribution in [0, 0.1) is 5.92 Å². The van der Waals surface area contributed by atoms with Crippen LogP contribution in [0.25, 0.3) is 0 Å². The van der Waals surface area contributed by atoms with Crippen LogP contribution in [0.2, 0.25) is 0 Å². The van der Waals surface area contributed by atoms with Crippen LogP contribution in [0.4, 0.5) is 13.2 Å². The van der Waals surface area contributed by atoms with Gasteiger partial charge < -0.3 is 5.32 Å². The summed E-state index contributed by atoms with van der Waals surface area (Å²) in [6.07, 6.45) is -3.03. The van der Waals surface area contributed by atoms with Gasteiger partial charge in [0.2, 0.25) is 0 Å². The summed E-state index contributed by atoms with van der Waals surface area (Å²) in [6.45, 7) is 2.65. The molecule has 1 fully saturated rings. The first kappa shape index (κ1) is 11.8. The van der Waals surface area contributed by atoms with E-state index in [9.17, 15) is 13.2 Å². The van der Waals surface area contributed by atoms with Crippen molar-refractivity contribution >= 4 is 0 Å². The van der Waals surface area contributed by atoms with Crippen LogP contribution in [0.5, 0.6) is 0 Å². The van der Waals surface area contributed by atoms with Crippen molar-refractivity contribution in [2.75, 3.05) is 26.7 Å². The summed E-state index contributed by atoms with van der Waals surface area (Å²) >= 11 is 0. The number of halogens is 3. The summed E-state index contributed by atoms with van der Waals surface area (Å²) < 4.78 is 36.0. The Labute approximate surface area is 82.5 Å². The Morgan fingerprint density at radius 2 is 2.07 bits per heavy atom. The molecule has 0 bridgehead atoms. The van der Waals surface area contributed by atoms with Gasteiger partial charge in [-0.3, -0.25) is 4.90 Å². The van der Waals surface area contributed by atoms with Gasteiger partial charge in [0.1, 0.15) is 0 Å². The van der Waals surface area contributed by atoms with E-state index in [1.54, 1.807) is 0 Å². The summed E-state index contributed by atoms with van der Waals surface area (Å²) in [7, 11) is 1.51. The molecule has 14 heavy (non-hydrogen) atoms. The van der Waals surface area contributed by atoms with Crippen LogP contribution in [0.3, 0.4) is 0 Å². The third kappa shape index (κ3) is 3.84. The third-order valence-electron chi connectivity index (χ3n) is 2.65. The second-order valence-electron chi connectivity index (χ2n) is 4.14. The Kier molecular flexibility index (Phi) is 3.78. The fourth-order valence-corrected chi connectivity index (χ4v) is 1.85. The summed E-state index contributed by atoms with van der Waals surface area (Å²) in [6, 6.07) is 0.211. The standard InChI is InChI=1S/C9H17F3N2/c1-7-3-4-13-8(7)5-14(2)6-9(10,11)12/h7-8,13H,3-6H2,1-2H3. The van der Waals surface area contributed by atoms with Crippen molar-refractivity contribution in [2.45, 2.75) is 25.6 Å². The topological polar surface area (TPSA) is 15.3 Å². The molecular formula is C9H17F3N2. The van der Waals surface area contributed by atoms with E-state index >= 15 is 0 Å². The molecule has 0 aromatic rings. The van der Waals surface area contributed by atoms with Gasteiger partial charge in [0, 0.05) is 12.6 Å². The van der Waals surface area contributed by atoms with E-state index in [-0.39, 0.29) is 6.04 Å². The molecule has 0 radical (unpaired) electrons. The number of nitrogens with zero attached hydrogens (tertiary/aromatic N) is 1. The monoisotopic (exact) mass is 210 g/mol. The number of rotatable bonds is 3. The molecule has 0 aromatic carbocycles. The Balaban J connectivity index is 2.29. The molecule has 0 spiro atoms. The molecule has 2 atom stereocenters. The molecular weight excluding hydrogens is 193 g/mol. The van der Waals surface area contributed by atoms with E-state index in [1.807, 2.05) is 0 Å². The lowest BCUT2D eigenvalue weighted by atomic mass is 10.0. The lowest BCUT2D eigenvalue weighted by molar-refractivity contribution is -0.143. The third-order valence-corrected chi connectivity index (χ3v) is 2.65. The molecule has 5 heteroatoms. The van der Waals surface area contributed by atoms with Crippen molar-refractivity contribution in [2.24, 2.45) is 5.92 Å². The highest BCUT2D eigenvalue weighted by Gasteiger charge is 2.31. The number of hydrogen-bond donors (Lipinski definition) is 1. The molecule has 1 saturated heterocycles. The summed E-state index contributed by atoms with van der Waals surface area (Å²) in [5.74, 6) is 0.477. The number of likely N-dealkylation sites (N-methyl/N-ethyl adjacent to an activating group) is 1. The number of alkyl halides is 3. The lowest BCUT2D eigenvalue weighted by Gasteiger charge is -2.24. The van der Waals surface area contributed by atoms with Crippen LogP contribution in [0.15, 0.2) is 0 Å². The molecule has 2 unspecified atom stereocenters. The quantitative estimate of drug-likeness (QED) is 0.759. The first-order chi connectivity index (χ1) is 6.38. The highest BCUT2D eigenvalue weighted by atomic mass is 19.4. The minimum atomic E-state index is -4.09. The van der Waals surface area contributed by atoms with Crippen molar-refractivity contribution in [3.63, 3.8) is 0 Å². The molecule has 0 amide bonds. The predicted octanol–water partition coefficient (Wildman–Crippen LogP) is 1.48. The first-order valence-corrected chi connectivity index (χ1v) is 4.87. The summed E-state index contributed by atoms with van der Waals surface area (Å²) in [5.41, 5.74) is 0. The zero-order chi connectivity index (χ0) is 10.8. The molecule has 84 valence electrons.